The van der Waals surface area contributed by atoms with Crippen LogP contribution in [0.15, 0.2) is 9.59 Å². The second kappa shape index (κ2) is 6.60. The van der Waals surface area contributed by atoms with Crippen molar-refractivity contribution in [2.24, 2.45) is 11.8 Å². The number of aromatic nitrogens is 2. The monoisotopic (exact) mass is 284 g/mol. The lowest BCUT2D eigenvalue weighted by Gasteiger charge is -2.22. The highest BCUT2D eigenvalue weighted by molar-refractivity contribution is 5.60. The van der Waals surface area contributed by atoms with E-state index in [0.717, 1.165) is 0 Å². The molecular weight excluding hydrogens is 260 g/mol. The molecule has 2 unspecified atom stereocenters. The Hall–Kier alpha value is -1.76. The van der Waals surface area contributed by atoms with Crippen molar-refractivity contribution in [3.05, 3.63) is 20.8 Å². The van der Waals surface area contributed by atoms with E-state index in [1.54, 1.807) is 0 Å². The molecule has 20 heavy (non-hydrogen) atoms. The summed E-state index contributed by atoms with van der Waals surface area (Å²) < 4.78 is 1.35. The molecule has 0 amide bonds. The van der Waals surface area contributed by atoms with E-state index in [4.69, 9.17) is 10.8 Å². The fraction of sp³-hybridized carbons (Fsp3) is 0.692. The molecule has 0 aromatic carbocycles. The van der Waals surface area contributed by atoms with Gasteiger partial charge in [-0.05, 0) is 18.8 Å². The van der Waals surface area contributed by atoms with Crippen molar-refractivity contribution in [2.75, 3.05) is 17.7 Å². The fourth-order valence-corrected chi connectivity index (χ4v) is 1.80. The fourth-order valence-electron chi connectivity index (χ4n) is 1.80. The number of aromatic amines is 1. The molecule has 0 aliphatic heterocycles. The Labute approximate surface area is 117 Å². The highest BCUT2D eigenvalue weighted by Gasteiger charge is 2.17. The lowest BCUT2D eigenvalue weighted by atomic mass is 10.1. The zero-order valence-corrected chi connectivity index (χ0v) is 12.4. The highest BCUT2D eigenvalue weighted by atomic mass is 16.3. The van der Waals surface area contributed by atoms with Gasteiger partial charge in [0.25, 0.3) is 5.56 Å². The van der Waals surface area contributed by atoms with E-state index in [1.807, 2.05) is 27.7 Å². The largest absolute Gasteiger partial charge is 0.396 e. The summed E-state index contributed by atoms with van der Waals surface area (Å²) in [7, 11) is 0. The number of nitrogens with one attached hydrogen (secondary N) is 2. The molecule has 0 bridgehead atoms. The van der Waals surface area contributed by atoms with Gasteiger partial charge in [0.2, 0.25) is 0 Å². The molecule has 1 aromatic heterocycles. The van der Waals surface area contributed by atoms with Crippen LogP contribution < -0.4 is 22.3 Å². The first-order valence-corrected chi connectivity index (χ1v) is 6.77. The summed E-state index contributed by atoms with van der Waals surface area (Å²) in [6.07, 6.45) is 0. The van der Waals surface area contributed by atoms with Crippen LogP contribution >= 0.6 is 0 Å². The van der Waals surface area contributed by atoms with Crippen molar-refractivity contribution >= 4 is 11.5 Å². The Morgan fingerprint density at radius 3 is 2.40 bits per heavy atom. The van der Waals surface area contributed by atoms with Crippen molar-refractivity contribution in [2.45, 2.75) is 40.3 Å². The molecule has 0 saturated heterocycles. The van der Waals surface area contributed by atoms with Crippen LogP contribution in [0.1, 0.15) is 27.7 Å². The van der Waals surface area contributed by atoms with Gasteiger partial charge in [-0.1, -0.05) is 20.8 Å². The molecule has 7 heteroatoms. The van der Waals surface area contributed by atoms with Crippen molar-refractivity contribution in [1.29, 1.82) is 0 Å². The van der Waals surface area contributed by atoms with Gasteiger partial charge >= 0.3 is 5.69 Å². The maximum absolute atomic E-state index is 11.9. The number of hydrogen-bond acceptors (Lipinski definition) is 5. The van der Waals surface area contributed by atoms with Crippen LogP contribution in [0, 0.1) is 11.8 Å². The highest BCUT2D eigenvalue weighted by Crippen LogP contribution is 2.15. The molecular formula is C13H24N4O3. The summed E-state index contributed by atoms with van der Waals surface area (Å²) in [6.45, 7) is 8.04. The van der Waals surface area contributed by atoms with E-state index < -0.39 is 11.2 Å². The van der Waals surface area contributed by atoms with Gasteiger partial charge in [-0.2, -0.15) is 0 Å². The van der Waals surface area contributed by atoms with Gasteiger partial charge in [-0.3, -0.25) is 14.3 Å². The molecule has 1 heterocycles. The van der Waals surface area contributed by atoms with Crippen LogP contribution in [-0.2, 0) is 6.54 Å². The quantitative estimate of drug-likeness (QED) is 0.596. The van der Waals surface area contributed by atoms with Crippen LogP contribution in [0.5, 0.6) is 0 Å². The van der Waals surface area contributed by atoms with Crippen molar-refractivity contribution < 1.29 is 5.11 Å². The van der Waals surface area contributed by atoms with Gasteiger partial charge in [0.15, 0.2) is 0 Å². The number of anilines is 2. The molecule has 1 rings (SSSR count). The summed E-state index contributed by atoms with van der Waals surface area (Å²) in [5.41, 5.74) is 5.08. The van der Waals surface area contributed by atoms with E-state index in [2.05, 4.69) is 10.3 Å². The second-order valence-corrected chi connectivity index (χ2v) is 5.62. The lowest BCUT2D eigenvalue weighted by molar-refractivity contribution is 0.226. The van der Waals surface area contributed by atoms with Gasteiger partial charge in [-0.25, -0.2) is 4.79 Å². The third-order valence-electron chi connectivity index (χ3n) is 3.30. The molecule has 0 fully saturated rings. The predicted molar refractivity (Wildman–Crippen MR) is 79.9 cm³/mol. The summed E-state index contributed by atoms with van der Waals surface area (Å²) in [6, 6.07) is -0.145. The number of nitrogens with zero attached hydrogens (tertiary/aromatic N) is 1. The zero-order chi connectivity index (χ0) is 15.4. The number of aliphatic hydroxyl groups excluding tert-OH is 1. The number of rotatable bonds is 6. The van der Waals surface area contributed by atoms with Gasteiger partial charge in [0, 0.05) is 19.2 Å². The minimum absolute atomic E-state index is 0.00237. The van der Waals surface area contributed by atoms with Crippen LogP contribution in [0.4, 0.5) is 11.5 Å². The van der Waals surface area contributed by atoms with E-state index in [0.29, 0.717) is 6.54 Å². The van der Waals surface area contributed by atoms with E-state index in [9.17, 15) is 9.59 Å². The number of hydrogen-bond donors (Lipinski definition) is 4. The van der Waals surface area contributed by atoms with Crippen molar-refractivity contribution in [3.63, 3.8) is 0 Å². The Kier molecular flexibility index (Phi) is 5.38. The van der Waals surface area contributed by atoms with Crippen LogP contribution in [-0.4, -0.2) is 27.3 Å². The maximum atomic E-state index is 11.9. The molecule has 0 radical (unpaired) electrons. The summed E-state index contributed by atoms with van der Waals surface area (Å²) in [4.78, 5) is 25.9. The topological polar surface area (TPSA) is 113 Å². The molecule has 0 aliphatic carbocycles. The minimum atomic E-state index is -0.538. The first kappa shape index (κ1) is 16.3. The zero-order valence-electron chi connectivity index (χ0n) is 12.4. The average Bonchev–Trinajstić information content (AvgIpc) is 2.37. The predicted octanol–water partition coefficient (Wildman–Crippen LogP) is 0.204. The Bertz CT molecular complexity index is 562. The number of nitrogens with two attached hydrogens (primary N) is 1. The third kappa shape index (κ3) is 3.63. The lowest BCUT2D eigenvalue weighted by Crippen LogP contribution is -2.37. The SMILES string of the molecule is CC(C)Cn1c(N)c(NC(C)C(C)CO)c(=O)[nH]c1=O. The molecule has 114 valence electrons. The average molecular weight is 284 g/mol. The minimum Gasteiger partial charge on any atom is -0.396 e. The second-order valence-electron chi connectivity index (χ2n) is 5.62. The van der Waals surface area contributed by atoms with E-state index >= 15 is 0 Å². The molecule has 1 aromatic rings. The summed E-state index contributed by atoms with van der Waals surface area (Å²) in [5, 5.41) is 12.1. The van der Waals surface area contributed by atoms with Gasteiger partial charge in [-0.15, -0.1) is 0 Å². The summed E-state index contributed by atoms with van der Waals surface area (Å²) in [5.74, 6) is 0.311. The number of nitrogen functional groups attached to an aromatic ring is 1. The number of aliphatic hydroxyl groups is 1. The van der Waals surface area contributed by atoms with Gasteiger partial charge in [0.1, 0.15) is 11.5 Å². The third-order valence-corrected chi connectivity index (χ3v) is 3.30. The molecule has 7 nitrogen and oxygen atoms in total. The van der Waals surface area contributed by atoms with Gasteiger partial charge in [0.05, 0.1) is 0 Å². The van der Waals surface area contributed by atoms with E-state index in [-0.39, 0.29) is 36.0 Å². The Balaban J connectivity index is 3.20. The van der Waals surface area contributed by atoms with Crippen molar-refractivity contribution in [1.82, 2.24) is 9.55 Å². The molecule has 0 spiro atoms. The molecule has 2 atom stereocenters. The number of H-pyrrole nitrogens is 1. The normalized spacial score (nSPS) is 14.3. The van der Waals surface area contributed by atoms with Crippen molar-refractivity contribution in [3.8, 4) is 0 Å². The first-order valence-electron chi connectivity index (χ1n) is 6.77. The molecule has 0 aliphatic rings. The summed E-state index contributed by atoms with van der Waals surface area (Å²) >= 11 is 0. The smallest absolute Gasteiger partial charge is 0.330 e. The van der Waals surface area contributed by atoms with E-state index in [1.165, 1.54) is 4.57 Å². The molecule has 0 saturated carbocycles. The van der Waals surface area contributed by atoms with Crippen LogP contribution in [0.3, 0.4) is 0 Å². The Morgan fingerprint density at radius 1 is 1.30 bits per heavy atom. The van der Waals surface area contributed by atoms with Gasteiger partial charge < -0.3 is 16.2 Å². The first-order chi connectivity index (χ1) is 9.27. The van der Waals surface area contributed by atoms with Crippen LogP contribution in [0.25, 0.3) is 0 Å². The Morgan fingerprint density at radius 2 is 1.90 bits per heavy atom. The standard InChI is InChI=1S/C13H24N4O3/c1-7(2)5-17-11(14)10(12(19)16-13(17)20)15-9(4)8(3)6-18/h7-9,15,18H,5-6,14H2,1-4H3,(H,16,19,20). The maximum Gasteiger partial charge on any atom is 0.330 e. The van der Waals surface area contributed by atoms with Crippen LogP contribution in [0.2, 0.25) is 0 Å². The molecule has 5 N–H and O–H groups in total.